The standard InChI is InChI=1S/C23H23NO2/c1-2-26-21-13-12-18-10-6-7-11-20(18)22(21)23(25)24-15-14-19(16-24)17-8-4-3-5-9-17/h3-13,19H,2,14-16H2,1H3. The average Bonchev–Trinajstić information content (AvgIpc) is 3.18. The van der Waals surface area contributed by atoms with E-state index in [9.17, 15) is 4.79 Å². The van der Waals surface area contributed by atoms with E-state index in [0.29, 0.717) is 23.8 Å². The SMILES string of the molecule is CCOc1ccc2ccccc2c1C(=O)N1CCC(c2ccccc2)C1. The van der Waals surface area contributed by atoms with Gasteiger partial charge in [-0.1, -0.05) is 60.7 Å². The van der Waals surface area contributed by atoms with Crippen LogP contribution in [0.2, 0.25) is 0 Å². The second-order valence-electron chi connectivity index (χ2n) is 6.74. The van der Waals surface area contributed by atoms with Gasteiger partial charge in [-0.3, -0.25) is 4.79 Å². The molecule has 0 N–H and O–H groups in total. The van der Waals surface area contributed by atoms with Gasteiger partial charge in [0.15, 0.2) is 0 Å². The highest BCUT2D eigenvalue weighted by Gasteiger charge is 2.30. The van der Waals surface area contributed by atoms with E-state index in [1.54, 1.807) is 0 Å². The first-order chi connectivity index (χ1) is 12.8. The molecule has 1 saturated heterocycles. The van der Waals surface area contributed by atoms with Crippen LogP contribution >= 0.6 is 0 Å². The molecule has 0 saturated carbocycles. The van der Waals surface area contributed by atoms with Crippen LogP contribution in [0.5, 0.6) is 5.75 Å². The Kier molecular flexibility index (Phi) is 4.61. The molecule has 3 aromatic rings. The van der Waals surface area contributed by atoms with E-state index in [-0.39, 0.29) is 5.91 Å². The van der Waals surface area contributed by atoms with Crippen molar-refractivity contribution < 1.29 is 9.53 Å². The summed E-state index contributed by atoms with van der Waals surface area (Å²) in [5, 5.41) is 2.03. The molecule has 4 rings (SSSR count). The summed E-state index contributed by atoms with van der Waals surface area (Å²) >= 11 is 0. The van der Waals surface area contributed by atoms with Gasteiger partial charge in [0.2, 0.25) is 0 Å². The molecule has 26 heavy (non-hydrogen) atoms. The quantitative estimate of drug-likeness (QED) is 0.675. The van der Waals surface area contributed by atoms with Crippen LogP contribution in [-0.2, 0) is 0 Å². The van der Waals surface area contributed by atoms with Crippen molar-refractivity contribution in [1.82, 2.24) is 4.90 Å². The molecular weight excluding hydrogens is 322 g/mol. The lowest BCUT2D eigenvalue weighted by Gasteiger charge is -2.20. The first kappa shape index (κ1) is 16.6. The summed E-state index contributed by atoms with van der Waals surface area (Å²) < 4.78 is 5.79. The molecule has 0 bridgehead atoms. The van der Waals surface area contributed by atoms with Crippen LogP contribution in [0.4, 0.5) is 0 Å². The number of ether oxygens (including phenoxy) is 1. The second-order valence-corrected chi connectivity index (χ2v) is 6.74. The molecule has 0 spiro atoms. The summed E-state index contributed by atoms with van der Waals surface area (Å²) in [6, 6.07) is 22.4. The molecule has 1 fully saturated rings. The molecule has 3 aromatic carbocycles. The summed E-state index contributed by atoms with van der Waals surface area (Å²) in [4.78, 5) is 15.4. The molecule has 0 radical (unpaired) electrons. The predicted molar refractivity (Wildman–Crippen MR) is 105 cm³/mol. The second kappa shape index (κ2) is 7.20. The largest absolute Gasteiger partial charge is 0.493 e. The Morgan fingerprint density at radius 3 is 2.62 bits per heavy atom. The third kappa shape index (κ3) is 3.05. The van der Waals surface area contributed by atoms with E-state index >= 15 is 0 Å². The maximum atomic E-state index is 13.4. The summed E-state index contributed by atoms with van der Waals surface area (Å²) in [6.07, 6.45) is 1.00. The Bertz CT molecular complexity index is 920. The zero-order valence-corrected chi connectivity index (χ0v) is 15.0. The highest BCUT2D eigenvalue weighted by atomic mass is 16.5. The first-order valence-electron chi connectivity index (χ1n) is 9.26. The van der Waals surface area contributed by atoms with Crippen molar-refractivity contribution in [3.63, 3.8) is 0 Å². The molecule has 0 aromatic heterocycles. The summed E-state index contributed by atoms with van der Waals surface area (Å²) in [5.41, 5.74) is 2.00. The van der Waals surface area contributed by atoms with Gasteiger partial charge in [-0.05, 0) is 35.7 Å². The topological polar surface area (TPSA) is 29.5 Å². The van der Waals surface area contributed by atoms with E-state index < -0.39 is 0 Å². The predicted octanol–water partition coefficient (Wildman–Crippen LogP) is 4.87. The van der Waals surface area contributed by atoms with Gasteiger partial charge in [-0.15, -0.1) is 0 Å². The minimum atomic E-state index is 0.0729. The van der Waals surface area contributed by atoms with Gasteiger partial charge >= 0.3 is 0 Å². The van der Waals surface area contributed by atoms with Gasteiger partial charge in [-0.2, -0.15) is 0 Å². The van der Waals surface area contributed by atoms with Crippen LogP contribution < -0.4 is 4.74 Å². The van der Waals surface area contributed by atoms with E-state index in [1.165, 1.54) is 5.56 Å². The highest BCUT2D eigenvalue weighted by Crippen LogP contribution is 2.33. The van der Waals surface area contributed by atoms with Crippen LogP contribution in [0.1, 0.15) is 35.2 Å². The summed E-state index contributed by atoms with van der Waals surface area (Å²) in [7, 11) is 0. The number of hydrogen-bond acceptors (Lipinski definition) is 2. The Hall–Kier alpha value is -2.81. The number of carbonyl (C=O) groups is 1. The highest BCUT2D eigenvalue weighted by molar-refractivity contribution is 6.09. The average molecular weight is 345 g/mol. The molecule has 1 unspecified atom stereocenters. The lowest BCUT2D eigenvalue weighted by Crippen LogP contribution is -2.29. The number of fused-ring (bicyclic) bond motifs is 1. The van der Waals surface area contributed by atoms with Crippen molar-refractivity contribution in [2.75, 3.05) is 19.7 Å². The monoisotopic (exact) mass is 345 g/mol. The van der Waals surface area contributed by atoms with Gasteiger partial charge in [0.1, 0.15) is 5.75 Å². The molecule has 0 aliphatic carbocycles. The lowest BCUT2D eigenvalue weighted by atomic mass is 9.99. The zero-order valence-electron chi connectivity index (χ0n) is 15.0. The van der Waals surface area contributed by atoms with Crippen molar-refractivity contribution >= 4 is 16.7 Å². The van der Waals surface area contributed by atoms with Crippen molar-refractivity contribution in [1.29, 1.82) is 0 Å². The smallest absolute Gasteiger partial charge is 0.258 e. The third-order valence-corrected chi connectivity index (χ3v) is 5.15. The lowest BCUT2D eigenvalue weighted by molar-refractivity contribution is 0.0788. The Morgan fingerprint density at radius 1 is 1.04 bits per heavy atom. The Balaban J connectivity index is 1.67. The van der Waals surface area contributed by atoms with E-state index in [0.717, 1.165) is 30.3 Å². The third-order valence-electron chi connectivity index (χ3n) is 5.15. The zero-order chi connectivity index (χ0) is 17.9. The maximum Gasteiger partial charge on any atom is 0.258 e. The molecule has 3 nitrogen and oxygen atoms in total. The van der Waals surface area contributed by atoms with E-state index in [1.807, 2.05) is 54.3 Å². The van der Waals surface area contributed by atoms with Gasteiger partial charge in [0.05, 0.1) is 12.2 Å². The molecule has 1 heterocycles. The minimum absolute atomic E-state index is 0.0729. The molecular formula is C23H23NO2. The molecule has 132 valence electrons. The van der Waals surface area contributed by atoms with Gasteiger partial charge < -0.3 is 9.64 Å². The maximum absolute atomic E-state index is 13.4. The Labute approximate surface area is 154 Å². The summed E-state index contributed by atoms with van der Waals surface area (Å²) in [5.74, 6) is 1.16. The number of amides is 1. The van der Waals surface area contributed by atoms with Crippen LogP contribution in [0.15, 0.2) is 66.7 Å². The molecule has 1 atom stereocenters. The van der Waals surface area contributed by atoms with Crippen molar-refractivity contribution in [3.05, 3.63) is 77.9 Å². The number of nitrogens with zero attached hydrogens (tertiary/aromatic N) is 1. The van der Waals surface area contributed by atoms with Crippen LogP contribution in [0, 0.1) is 0 Å². The number of benzene rings is 3. The molecule has 1 aliphatic rings. The van der Waals surface area contributed by atoms with Crippen LogP contribution in [0.25, 0.3) is 10.8 Å². The first-order valence-corrected chi connectivity index (χ1v) is 9.26. The van der Waals surface area contributed by atoms with Crippen molar-refractivity contribution in [3.8, 4) is 5.75 Å². The van der Waals surface area contributed by atoms with Gasteiger partial charge in [-0.25, -0.2) is 0 Å². The minimum Gasteiger partial charge on any atom is -0.493 e. The molecule has 1 amide bonds. The Morgan fingerprint density at radius 2 is 1.81 bits per heavy atom. The van der Waals surface area contributed by atoms with Gasteiger partial charge in [0, 0.05) is 19.0 Å². The molecule has 3 heteroatoms. The van der Waals surface area contributed by atoms with Crippen LogP contribution in [0.3, 0.4) is 0 Å². The number of hydrogen-bond donors (Lipinski definition) is 0. The van der Waals surface area contributed by atoms with E-state index in [2.05, 4.69) is 24.3 Å². The van der Waals surface area contributed by atoms with Crippen molar-refractivity contribution in [2.45, 2.75) is 19.3 Å². The van der Waals surface area contributed by atoms with Crippen LogP contribution in [-0.4, -0.2) is 30.5 Å². The van der Waals surface area contributed by atoms with Crippen molar-refractivity contribution in [2.24, 2.45) is 0 Å². The fraction of sp³-hybridized carbons (Fsp3) is 0.261. The summed E-state index contributed by atoms with van der Waals surface area (Å²) in [6.45, 7) is 4.04. The fourth-order valence-corrected chi connectivity index (χ4v) is 3.85. The normalized spacial score (nSPS) is 16.8. The number of likely N-dealkylation sites (tertiary alicyclic amines) is 1. The molecule has 1 aliphatic heterocycles. The number of rotatable bonds is 4. The number of carbonyl (C=O) groups excluding carboxylic acids is 1. The van der Waals surface area contributed by atoms with Gasteiger partial charge in [0.25, 0.3) is 5.91 Å². The van der Waals surface area contributed by atoms with E-state index in [4.69, 9.17) is 4.74 Å². The fourth-order valence-electron chi connectivity index (χ4n) is 3.85.